The largest absolute Gasteiger partial charge is 0.490 e. The van der Waals surface area contributed by atoms with Gasteiger partial charge in [-0.2, -0.15) is 0 Å². The number of hydrogen-bond donors (Lipinski definition) is 1. The number of nitrogens with zero attached hydrogens (tertiary/aromatic N) is 4. The number of nitrogens with one attached hydrogen (secondary N) is 1. The Kier molecular flexibility index (Phi) is 7.84. The first kappa shape index (κ1) is 18.5. The fraction of sp³-hybridized carbons (Fsp3) is 0.562. The third-order valence-electron chi connectivity index (χ3n) is 3.19. The summed E-state index contributed by atoms with van der Waals surface area (Å²) >= 11 is 1.63. The maximum atomic E-state index is 5.72. The summed E-state index contributed by atoms with van der Waals surface area (Å²) in [6.07, 6.45) is 0.980. The summed E-state index contributed by atoms with van der Waals surface area (Å²) in [5.74, 6) is 2.53. The average molecular weight is 351 g/mol. The van der Waals surface area contributed by atoms with Crippen LogP contribution in [-0.2, 0) is 13.6 Å². The number of aromatic nitrogens is 4. The van der Waals surface area contributed by atoms with E-state index in [9.17, 15) is 0 Å². The highest BCUT2D eigenvalue weighted by molar-refractivity contribution is 7.99. The first-order valence-corrected chi connectivity index (χ1v) is 9.17. The second-order valence-corrected chi connectivity index (χ2v) is 6.23. The van der Waals surface area contributed by atoms with Crippen molar-refractivity contribution >= 4 is 11.8 Å². The van der Waals surface area contributed by atoms with E-state index in [0.29, 0.717) is 13.2 Å². The van der Waals surface area contributed by atoms with Gasteiger partial charge in [0, 0.05) is 25.9 Å². The fourth-order valence-corrected chi connectivity index (χ4v) is 2.80. The molecule has 8 heteroatoms. The van der Waals surface area contributed by atoms with Crippen LogP contribution in [0.5, 0.6) is 11.5 Å². The number of hydrogen-bond acceptors (Lipinski definition) is 7. The van der Waals surface area contributed by atoms with Gasteiger partial charge in [0.1, 0.15) is 0 Å². The van der Waals surface area contributed by atoms with E-state index in [1.54, 1.807) is 16.4 Å². The molecule has 1 N–H and O–H groups in total. The lowest BCUT2D eigenvalue weighted by Crippen LogP contribution is -2.17. The summed E-state index contributed by atoms with van der Waals surface area (Å²) < 4.78 is 13.1. The molecular weight excluding hydrogens is 326 g/mol. The lowest BCUT2D eigenvalue weighted by molar-refractivity contribution is 0.276. The van der Waals surface area contributed by atoms with Crippen molar-refractivity contribution < 1.29 is 9.47 Å². The third kappa shape index (κ3) is 5.68. The predicted molar refractivity (Wildman–Crippen MR) is 94.6 cm³/mol. The molecule has 0 aliphatic rings. The minimum atomic E-state index is 0.627. The Bertz CT molecular complexity index is 620. The van der Waals surface area contributed by atoms with Crippen molar-refractivity contribution in [3.63, 3.8) is 0 Å². The highest BCUT2D eigenvalue weighted by atomic mass is 32.2. The van der Waals surface area contributed by atoms with Gasteiger partial charge in [-0.1, -0.05) is 24.8 Å². The van der Waals surface area contributed by atoms with E-state index in [2.05, 4.69) is 33.8 Å². The molecule has 0 saturated carbocycles. The summed E-state index contributed by atoms with van der Waals surface area (Å²) in [5.41, 5.74) is 1.17. The van der Waals surface area contributed by atoms with Crippen LogP contribution in [0.1, 0.15) is 25.8 Å². The molecule has 2 aromatic rings. The van der Waals surface area contributed by atoms with Crippen LogP contribution in [0.15, 0.2) is 23.4 Å². The molecule has 2 rings (SSSR count). The molecule has 0 unspecified atom stereocenters. The molecule has 0 radical (unpaired) electrons. The van der Waals surface area contributed by atoms with Crippen molar-refractivity contribution in [3.8, 4) is 11.5 Å². The Labute approximate surface area is 147 Å². The molecular formula is C16H25N5O2S. The van der Waals surface area contributed by atoms with E-state index in [0.717, 1.165) is 41.9 Å². The third-order valence-corrected chi connectivity index (χ3v) is 4.20. The Balaban J connectivity index is 1.79. The quantitative estimate of drug-likeness (QED) is 0.492. The van der Waals surface area contributed by atoms with Gasteiger partial charge in [-0.3, -0.25) is 0 Å². The van der Waals surface area contributed by atoms with Crippen LogP contribution in [0.4, 0.5) is 0 Å². The molecule has 0 saturated heterocycles. The molecule has 0 bridgehead atoms. The average Bonchev–Trinajstić information content (AvgIpc) is 2.99. The van der Waals surface area contributed by atoms with Crippen molar-refractivity contribution in [2.24, 2.45) is 7.05 Å². The lowest BCUT2D eigenvalue weighted by Gasteiger charge is -2.13. The summed E-state index contributed by atoms with van der Waals surface area (Å²) in [6, 6.07) is 6.10. The van der Waals surface area contributed by atoms with Crippen LogP contribution >= 0.6 is 11.8 Å². The normalized spacial score (nSPS) is 10.8. The van der Waals surface area contributed by atoms with E-state index in [-0.39, 0.29) is 0 Å². The Morgan fingerprint density at radius 2 is 2.08 bits per heavy atom. The second kappa shape index (κ2) is 10.1. The van der Waals surface area contributed by atoms with E-state index in [1.165, 1.54) is 5.56 Å². The fourth-order valence-electron chi connectivity index (χ4n) is 2.05. The maximum Gasteiger partial charge on any atom is 0.209 e. The minimum Gasteiger partial charge on any atom is -0.490 e. The van der Waals surface area contributed by atoms with Crippen LogP contribution in [-0.4, -0.2) is 45.7 Å². The van der Waals surface area contributed by atoms with Crippen LogP contribution in [0, 0.1) is 0 Å². The highest BCUT2D eigenvalue weighted by Gasteiger charge is 2.07. The van der Waals surface area contributed by atoms with E-state index in [1.807, 2.05) is 26.1 Å². The molecule has 1 aromatic heterocycles. The Hall–Kier alpha value is -1.80. The number of thioether (sulfide) groups is 1. The smallest absolute Gasteiger partial charge is 0.209 e. The van der Waals surface area contributed by atoms with Gasteiger partial charge in [0.05, 0.1) is 13.2 Å². The van der Waals surface area contributed by atoms with E-state index in [4.69, 9.17) is 9.47 Å². The predicted octanol–water partition coefficient (Wildman–Crippen LogP) is 2.28. The zero-order valence-electron chi connectivity index (χ0n) is 14.5. The summed E-state index contributed by atoms with van der Waals surface area (Å²) in [6.45, 7) is 7.05. The number of tetrazole rings is 1. The van der Waals surface area contributed by atoms with Gasteiger partial charge in [-0.25, -0.2) is 4.68 Å². The van der Waals surface area contributed by atoms with Gasteiger partial charge in [0.2, 0.25) is 5.16 Å². The summed E-state index contributed by atoms with van der Waals surface area (Å²) in [4.78, 5) is 0. The molecule has 0 fully saturated rings. The summed E-state index contributed by atoms with van der Waals surface area (Å²) in [7, 11) is 1.84. The molecule has 0 spiro atoms. The van der Waals surface area contributed by atoms with Crippen molar-refractivity contribution in [1.82, 2.24) is 25.5 Å². The topological polar surface area (TPSA) is 74.1 Å². The van der Waals surface area contributed by atoms with Crippen molar-refractivity contribution in [3.05, 3.63) is 23.8 Å². The van der Waals surface area contributed by atoms with Gasteiger partial charge < -0.3 is 14.8 Å². The zero-order chi connectivity index (χ0) is 17.2. The van der Waals surface area contributed by atoms with Crippen molar-refractivity contribution in [2.45, 2.75) is 32.0 Å². The molecule has 0 amide bonds. The SMILES string of the molecule is CCCOc1ccc(CNCCSc2nnnn2C)cc1OCC. The van der Waals surface area contributed by atoms with Crippen molar-refractivity contribution in [1.29, 1.82) is 0 Å². The number of ether oxygens (including phenoxy) is 2. The van der Waals surface area contributed by atoms with Gasteiger partial charge in [-0.05, 0) is 41.5 Å². The van der Waals surface area contributed by atoms with E-state index >= 15 is 0 Å². The molecule has 1 aromatic carbocycles. The van der Waals surface area contributed by atoms with Gasteiger partial charge in [-0.15, -0.1) is 5.10 Å². The minimum absolute atomic E-state index is 0.627. The molecule has 0 aliphatic carbocycles. The molecule has 132 valence electrons. The van der Waals surface area contributed by atoms with Gasteiger partial charge >= 0.3 is 0 Å². The van der Waals surface area contributed by atoms with Crippen molar-refractivity contribution in [2.75, 3.05) is 25.5 Å². The molecule has 0 atom stereocenters. The second-order valence-electron chi connectivity index (χ2n) is 5.17. The molecule has 1 heterocycles. The standard InChI is InChI=1S/C16H25N5O2S/c1-4-9-23-14-7-6-13(11-15(14)22-5-2)12-17-8-10-24-16-18-19-20-21(16)3/h6-7,11,17H,4-5,8-10,12H2,1-3H3. The van der Waals surface area contributed by atoms with Gasteiger partial charge in [0.15, 0.2) is 11.5 Å². The number of aryl methyl sites for hydroxylation is 1. The van der Waals surface area contributed by atoms with Crippen LogP contribution < -0.4 is 14.8 Å². The molecule has 0 aliphatic heterocycles. The Morgan fingerprint density at radius 1 is 1.21 bits per heavy atom. The Morgan fingerprint density at radius 3 is 2.79 bits per heavy atom. The first-order valence-electron chi connectivity index (χ1n) is 8.19. The number of rotatable bonds is 11. The van der Waals surface area contributed by atoms with Gasteiger partial charge in [0.25, 0.3) is 0 Å². The number of benzene rings is 1. The van der Waals surface area contributed by atoms with E-state index < -0.39 is 0 Å². The van der Waals surface area contributed by atoms with Crippen LogP contribution in [0.2, 0.25) is 0 Å². The molecule has 7 nitrogen and oxygen atoms in total. The molecule has 24 heavy (non-hydrogen) atoms. The lowest BCUT2D eigenvalue weighted by atomic mass is 10.2. The first-order chi connectivity index (χ1) is 11.7. The summed E-state index contributed by atoms with van der Waals surface area (Å²) in [5, 5.41) is 15.6. The van der Waals surface area contributed by atoms with Crippen LogP contribution in [0.25, 0.3) is 0 Å². The monoisotopic (exact) mass is 351 g/mol. The maximum absolute atomic E-state index is 5.72. The van der Waals surface area contributed by atoms with Crippen LogP contribution in [0.3, 0.4) is 0 Å². The highest BCUT2D eigenvalue weighted by Crippen LogP contribution is 2.28. The zero-order valence-corrected chi connectivity index (χ0v) is 15.3.